The number of ketones is 1. The number of nitrogens with one attached hydrogen (secondary N) is 1. The van der Waals surface area contributed by atoms with Gasteiger partial charge in [-0.3, -0.25) is 4.79 Å². The number of hydrogen-bond donors (Lipinski definition) is 1. The van der Waals surface area contributed by atoms with Crippen LogP contribution in [0, 0.1) is 13.8 Å². The van der Waals surface area contributed by atoms with Crippen LogP contribution in [0.5, 0.6) is 0 Å². The predicted molar refractivity (Wildman–Crippen MR) is 96.9 cm³/mol. The summed E-state index contributed by atoms with van der Waals surface area (Å²) in [5.74, 6) is -4.89. The van der Waals surface area contributed by atoms with Crippen LogP contribution in [-0.4, -0.2) is 46.7 Å². The molecule has 150 valence electrons. The average molecular weight is 412 g/mol. The van der Waals surface area contributed by atoms with E-state index in [0.717, 1.165) is 0 Å². The Bertz CT molecular complexity index is 913. The third kappa shape index (κ3) is 4.56. The van der Waals surface area contributed by atoms with Crippen molar-refractivity contribution in [3.05, 3.63) is 46.4 Å². The first-order valence-electron chi connectivity index (χ1n) is 8.09. The molecule has 28 heavy (non-hydrogen) atoms. The molecule has 2 aromatic rings. The van der Waals surface area contributed by atoms with Gasteiger partial charge in [-0.15, -0.1) is 0 Å². The molecular formula is C18H18F2N2O5S. The molecule has 0 amide bonds. The minimum Gasteiger partial charge on any atom is -0.465 e. The number of methoxy groups -OCH3 is 1. The second-order valence-corrected chi connectivity index (χ2v) is 6.74. The molecule has 0 aliphatic heterocycles. The van der Waals surface area contributed by atoms with Crippen molar-refractivity contribution < 1.29 is 32.6 Å². The van der Waals surface area contributed by atoms with Gasteiger partial charge in [0.15, 0.2) is 6.10 Å². The fourth-order valence-electron chi connectivity index (χ4n) is 2.61. The summed E-state index contributed by atoms with van der Waals surface area (Å²) in [6.07, 6.45) is 0.0505. The predicted octanol–water partition coefficient (Wildman–Crippen LogP) is 3.56. The normalized spacial score (nSPS) is 12.0. The number of hydrogen-bond acceptors (Lipinski definition) is 7. The number of carbonyl (C=O) groups excluding carboxylic acids is 3. The summed E-state index contributed by atoms with van der Waals surface area (Å²) in [5.41, 5.74) is 0.975. The SMILES string of the molecule is COC(=O)c1c(C)[nH]c(C(=O)C(C)OC(=O)c2cccnc2SC(F)F)c1C. The van der Waals surface area contributed by atoms with Crippen molar-refractivity contribution in [3.63, 3.8) is 0 Å². The monoisotopic (exact) mass is 412 g/mol. The van der Waals surface area contributed by atoms with Crippen LogP contribution in [0.2, 0.25) is 0 Å². The largest absolute Gasteiger partial charge is 0.465 e. The summed E-state index contributed by atoms with van der Waals surface area (Å²) < 4.78 is 35.1. The molecule has 10 heteroatoms. The Morgan fingerprint density at radius 2 is 1.89 bits per heavy atom. The molecule has 0 bridgehead atoms. The van der Waals surface area contributed by atoms with Crippen LogP contribution in [0.15, 0.2) is 23.4 Å². The van der Waals surface area contributed by atoms with Gasteiger partial charge in [-0.1, -0.05) is 0 Å². The van der Waals surface area contributed by atoms with Gasteiger partial charge < -0.3 is 14.5 Å². The Balaban J connectivity index is 2.22. The fraction of sp³-hybridized carbons (Fsp3) is 0.333. The van der Waals surface area contributed by atoms with E-state index in [-0.39, 0.29) is 33.6 Å². The Labute approximate surface area is 163 Å². The number of rotatable bonds is 7. The summed E-state index contributed by atoms with van der Waals surface area (Å²) in [6.45, 7) is 4.52. The lowest BCUT2D eigenvalue weighted by atomic mass is 10.1. The zero-order chi connectivity index (χ0) is 21.0. The second-order valence-electron chi connectivity index (χ2n) is 5.76. The summed E-state index contributed by atoms with van der Waals surface area (Å²) >= 11 is 0.111. The molecule has 0 saturated heterocycles. The van der Waals surface area contributed by atoms with E-state index in [0.29, 0.717) is 11.3 Å². The maximum Gasteiger partial charge on any atom is 0.341 e. The van der Waals surface area contributed by atoms with Crippen LogP contribution in [0.1, 0.15) is 49.4 Å². The molecule has 2 aromatic heterocycles. The zero-order valence-corrected chi connectivity index (χ0v) is 16.4. The molecular weight excluding hydrogens is 394 g/mol. The van der Waals surface area contributed by atoms with Crippen LogP contribution in [0.4, 0.5) is 8.78 Å². The van der Waals surface area contributed by atoms with Crippen molar-refractivity contribution in [1.29, 1.82) is 0 Å². The van der Waals surface area contributed by atoms with E-state index < -0.39 is 29.6 Å². The van der Waals surface area contributed by atoms with Crippen LogP contribution >= 0.6 is 11.8 Å². The number of carbonyl (C=O) groups is 3. The van der Waals surface area contributed by atoms with Gasteiger partial charge in [0.25, 0.3) is 5.76 Å². The average Bonchev–Trinajstić information content (AvgIpc) is 2.94. The van der Waals surface area contributed by atoms with E-state index in [2.05, 4.69) is 9.97 Å². The van der Waals surface area contributed by atoms with Crippen molar-refractivity contribution in [2.45, 2.75) is 37.7 Å². The Morgan fingerprint density at radius 1 is 1.21 bits per heavy atom. The fourth-order valence-corrected chi connectivity index (χ4v) is 3.18. The van der Waals surface area contributed by atoms with E-state index in [4.69, 9.17) is 9.47 Å². The molecule has 0 fully saturated rings. The molecule has 1 N–H and O–H groups in total. The highest BCUT2D eigenvalue weighted by Crippen LogP contribution is 2.27. The van der Waals surface area contributed by atoms with Crippen molar-refractivity contribution in [2.24, 2.45) is 0 Å². The third-order valence-electron chi connectivity index (χ3n) is 3.92. The molecule has 1 unspecified atom stereocenters. The van der Waals surface area contributed by atoms with Crippen LogP contribution in [0.25, 0.3) is 0 Å². The van der Waals surface area contributed by atoms with Gasteiger partial charge in [-0.2, -0.15) is 8.78 Å². The molecule has 0 aromatic carbocycles. The number of Topliss-reactive ketones (excluding diaryl/α,β-unsaturated/α-hetero) is 1. The number of nitrogens with zero attached hydrogens (tertiary/aromatic N) is 1. The number of aryl methyl sites for hydroxylation is 1. The number of thioether (sulfide) groups is 1. The topological polar surface area (TPSA) is 98.4 Å². The molecule has 2 heterocycles. The first kappa shape index (κ1) is 21.5. The third-order valence-corrected chi connectivity index (χ3v) is 4.65. The highest BCUT2D eigenvalue weighted by molar-refractivity contribution is 7.99. The van der Waals surface area contributed by atoms with E-state index in [9.17, 15) is 23.2 Å². The number of alkyl halides is 2. The first-order valence-corrected chi connectivity index (χ1v) is 8.97. The Kier molecular flexibility index (Phi) is 6.90. The number of halogens is 2. The number of H-pyrrole nitrogens is 1. The van der Waals surface area contributed by atoms with Gasteiger partial charge >= 0.3 is 11.9 Å². The van der Waals surface area contributed by atoms with E-state index in [1.165, 1.54) is 32.4 Å². The number of ether oxygens (including phenoxy) is 2. The minimum atomic E-state index is -2.76. The summed E-state index contributed by atoms with van der Waals surface area (Å²) in [5, 5.41) is -0.193. The minimum absolute atomic E-state index is 0.103. The van der Waals surface area contributed by atoms with Crippen LogP contribution < -0.4 is 0 Å². The lowest BCUT2D eigenvalue weighted by molar-refractivity contribution is 0.0312. The lowest BCUT2D eigenvalue weighted by Gasteiger charge is -2.13. The first-order chi connectivity index (χ1) is 13.2. The quantitative estimate of drug-likeness (QED) is 0.422. The van der Waals surface area contributed by atoms with Crippen LogP contribution in [-0.2, 0) is 9.47 Å². The maximum atomic E-state index is 12.7. The van der Waals surface area contributed by atoms with Gasteiger partial charge in [-0.25, -0.2) is 14.6 Å². The zero-order valence-electron chi connectivity index (χ0n) is 15.5. The molecule has 0 aliphatic rings. The summed E-state index contributed by atoms with van der Waals surface area (Å²) in [4.78, 5) is 43.4. The number of pyridine rings is 1. The van der Waals surface area contributed by atoms with Gasteiger partial charge in [0, 0.05) is 11.9 Å². The van der Waals surface area contributed by atoms with E-state index in [1.54, 1.807) is 13.8 Å². The van der Waals surface area contributed by atoms with Gasteiger partial charge in [0.1, 0.15) is 5.03 Å². The number of aromatic nitrogens is 2. The molecule has 2 rings (SSSR count). The van der Waals surface area contributed by atoms with Crippen molar-refractivity contribution in [1.82, 2.24) is 9.97 Å². The highest BCUT2D eigenvalue weighted by Gasteiger charge is 2.28. The molecule has 0 aliphatic carbocycles. The smallest absolute Gasteiger partial charge is 0.341 e. The number of aromatic amines is 1. The molecule has 1 atom stereocenters. The molecule has 7 nitrogen and oxygen atoms in total. The molecule has 0 saturated carbocycles. The van der Waals surface area contributed by atoms with Gasteiger partial charge in [0.2, 0.25) is 5.78 Å². The lowest BCUT2D eigenvalue weighted by Crippen LogP contribution is -2.25. The van der Waals surface area contributed by atoms with Crippen molar-refractivity contribution in [3.8, 4) is 0 Å². The maximum absolute atomic E-state index is 12.7. The molecule has 0 radical (unpaired) electrons. The Morgan fingerprint density at radius 3 is 2.50 bits per heavy atom. The van der Waals surface area contributed by atoms with Gasteiger partial charge in [-0.05, 0) is 50.2 Å². The van der Waals surface area contributed by atoms with Crippen molar-refractivity contribution in [2.75, 3.05) is 7.11 Å². The highest BCUT2D eigenvalue weighted by atomic mass is 32.2. The molecule has 0 spiro atoms. The van der Waals surface area contributed by atoms with E-state index >= 15 is 0 Å². The van der Waals surface area contributed by atoms with Gasteiger partial charge in [0.05, 0.1) is 23.9 Å². The van der Waals surface area contributed by atoms with Crippen LogP contribution in [0.3, 0.4) is 0 Å². The van der Waals surface area contributed by atoms with Crippen molar-refractivity contribution >= 4 is 29.5 Å². The second kappa shape index (κ2) is 8.96. The van der Waals surface area contributed by atoms with E-state index in [1.807, 2.05) is 0 Å². The summed E-state index contributed by atoms with van der Waals surface area (Å²) in [7, 11) is 1.23. The number of esters is 2. The Hall–Kier alpha value is -2.75. The summed E-state index contributed by atoms with van der Waals surface area (Å²) in [6, 6.07) is 2.69. The standard InChI is InChI=1S/C18H18F2N2O5S/c1-8-12(17(25)26-4)9(2)22-13(8)14(23)10(3)27-16(24)11-6-5-7-21-15(11)28-18(19)20/h5-7,10,18,22H,1-4H3.